The molecule has 0 spiro atoms. The number of hydrogen-bond donors (Lipinski definition) is 0. The highest BCUT2D eigenvalue weighted by Crippen LogP contribution is 2.44. The van der Waals surface area contributed by atoms with Gasteiger partial charge in [0.25, 0.3) is 0 Å². The molecule has 0 bridgehead atoms. The lowest BCUT2D eigenvalue weighted by Gasteiger charge is -2.18. The number of hydrogen-bond acceptors (Lipinski definition) is 1. The summed E-state index contributed by atoms with van der Waals surface area (Å²) >= 11 is 0. The highest BCUT2D eigenvalue weighted by molar-refractivity contribution is 6.15. The van der Waals surface area contributed by atoms with E-state index >= 15 is 0 Å². The third kappa shape index (κ3) is 3.68. The van der Waals surface area contributed by atoms with Crippen LogP contribution in [0.5, 0.6) is 0 Å². The Balaban J connectivity index is 1.35. The third-order valence-electron chi connectivity index (χ3n) is 8.84. The van der Waals surface area contributed by atoms with Crippen molar-refractivity contribution in [1.29, 1.82) is 0 Å². The maximum atomic E-state index is 6.51. The number of fused-ring (bicyclic) bond motifs is 6. The second kappa shape index (κ2) is 9.86. The Kier molecular flexibility index (Phi) is 5.54. The molecule has 0 N–H and O–H groups in total. The summed E-state index contributed by atoms with van der Waals surface area (Å²) in [4.78, 5) is 0. The highest BCUT2D eigenvalue weighted by Gasteiger charge is 2.21. The maximum Gasteiger partial charge on any atom is 0.143 e. The summed E-state index contributed by atoms with van der Waals surface area (Å²) in [5, 5.41) is 4.77. The number of nitrogens with zero attached hydrogens (tertiary/aromatic N) is 1. The molecule has 7 aromatic carbocycles. The van der Waals surface area contributed by atoms with Crippen LogP contribution >= 0.6 is 0 Å². The zero-order chi connectivity index (χ0) is 29.0. The molecule has 0 fully saturated rings. The lowest BCUT2D eigenvalue weighted by atomic mass is 9.92. The van der Waals surface area contributed by atoms with Gasteiger partial charge >= 0.3 is 0 Å². The van der Waals surface area contributed by atoms with E-state index in [1.54, 1.807) is 0 Å². The molecule has 0 atom stereocenters. The Hall–Kier alpha value is -5.86. The summed E-state index contributed by atoms with van der Waals surface area (Å²) < 4.78 is 8.97. The lowest BCUT2D eigenvalue weighted by Crippen LogP contribution is -1.99. The van der Waals surface area contributed by atoms with E-state index in [-0.39, 0.29) is 0 Å². The Morgan fingerprint density at radius 1 is 0.364 bits per heavy atom. The molecular formula is C42H27NO. The fourth-order valence-corrected chi connectivity index (χ4v) is 6.93. The van der Waals surface area contributed by atoms with Crippen molar-refractivity contribution in [3.8, 4) is 39.1 Å². The van der Waals surface area contributed by atoms with Crippen LogP contribution in [0.1, 0.15) is 0 Å². The average Bonchev–Trinajstić information content (AvgIpc) is 3.65. The lowest BCUT2D eigenvalue weighted by molar-refractivity contribution is 0.670. The van der Waals surface area contributed by atoms with Gasteiger partial charge in [0.1, 0.15) is 11.2 Å². The average molecular weight is 562 g/mol. The van der Waals surface area contributed by atoms with Gasteiger partial charge in [0.2, 0.25) is 0 Å². The Morgan fingerprint density at radius 2 is 0.932 bits per heavy atom. The smallest absolute Gasteiger partial charge is 0.143 e. The van der Waals surface area contributed by atoms with E-state index in [1.807, 2.05) is 12.1 Å². The molecule has 0 radical (unpaired) electrons. The van der Waals surface area contributed by atoms with Crippen molar-refractivity contribution >= 4 is 43.7 Å². The van der Waals surface area contributed by atoms with Gasteiger partial charge in [0, 0.05) is 38.2 Å². The maximum absolute atomic E-state index is 6.51. The first-order valence-corrected chi connectivity index (χ1v) is 15.0. The predicted molar refractivity (Wildman–Crippen MR) is 184 cm³/mol. The number of rotatable bonds is 4. The molecule has 2 aromatic heterocycles. The summed E-state index contributed by atoms with van der Waals surface area (Å²) in [6.45, 7) is 0. The van der Waals surface area contributed by atoms with Crippen molar-refractivity contribution in [2.24, 2.45) is 0 Å². The van der Waals surface area contributed by atoms with Gasteiger partial charge in [-0.2, -0.15) is 0 Å². The molecule has 9 aromatic rings. The van der Waals surface area contributed by atoms with E-state index in [0.29, 0.717) is 0 Å². The summed E-state index contributed by atoms with van der Waals surface area (Å²) in [5.74, 6) is 0. The first kappa shape index (κ1) is 24.7. The molecular weight excluding hydrogens is 534 g/mol. The first-order chi connectivity index (χ1) is 21.9. The van der Waals surface area contributed by atoms with Crippen LogP contribution in [0.15, 0.2) is 168 Å². The number of benzene rings is 7. The van der Waals surface area contributed by atoms with Crippen molar-refractivity contribution in [2.75, 3.05) is 0 Å². The monoisotopic (exact) mass is 561 g/mol. The van der Waals surface area contributed by atoms with Gasteiger partial charge in [-0.25, -0.2) is 0 Å². The molecule has 44 heavy (non-hydrogen) atoms. The second-order valence-electron chi connectivity index (χ2n) is 11.3. The van der Waals surface area contributed by atoms with Crippen molar-refractivity contribution in [2.45, 2.75) is 0 Å². The van der Waals surface area contributed by atoms with Gasteiger partial charge in [-0.3, -0.25) is 0 Å². The molecule has 0 unspecified atom stereocenters. The zero-order valence-electron chi connectivity index (χ0n) is 23.9. The van der Waals surface area contributed by atoms with E-state index in [0.717, 1.165) is 38.8 Å². The summed E-state index contributed by atoms with van der Waals surface area (Å²) in [6, 6.07) is 58.4. The fraction of sp³-hybridized carbons (Fsp3) is 0. The van der Waals surface area contributed by atoms with Gasteiger partial charge in [0.15, 0.2) is 0 Å². The standard InChI is InChI=1S/C42H27NO/c1-2-14-28(15-3-1)29-21-12-22-35-33-19-7-10-26-39(33)43(41(29)35)38-25-9-6-18-32(38)30-16-4-5-17-31(30)36-23-13-24-37-34-20-8-11-27-40(34)44-42(36)37/h1-27H. The largest absolute Gasteiger partial charge is 0.455 e. The molecule has 0 saturated carbocycles. The predicted octanol–water partition coefficient (Wildman–Crippen LogP) is 11.7. The topological polar surface area (TPSA) is 18.1 Å². The Labute approximate surface area is 255 Å². The summed E-state index contributed by atoms with van der Waals surface area (Å²) in [5.41, 5.74) is 12.4. The molecule has 9 rings (SSSR count). The van der Waals surface area contributed by atoms with E-state index in [2.05, 4.69) is 156 Å². The van der Waals surface area contributed by atoms with Crippen molar-refractivity contribution in [3.05, 3.63) is 164 Å². The molecule has 206 valence electrons. The second-order valence-corrected chi connectivity index (χ2v) is 11.3. The Morgan fingerprint density at radius 3 is 1.77 bits per heavy atom. The number of furan rings is 1. The van der Waals surface area contributed by atoms with Crippen LogP contribution in [0, 0.1) is 0 Å². The van der Waals surface area contributed by atoms with Crippen LogP contribution in [0.3, 0.4) is 0 Å². The minimum Gasteiger partial charge on any atom is -0.455 e. The molecule has 0 aliphatic rings. The van der Waals surface area contributed by atoms with Crippen LogP contribution < -0.4 is 0 Å². The third-order valence-corrected chi connectivity index (χ3v) is 8.84. The summed E-state index contributed by atoms with van der Waals surface area (Å²) in [7, 11) is 0. The van der Waals surface area contributed by atoms with Crippen LogP contribution in [-0.2, 0) is 0 Å². The van der Waals surface area contributed by atoms with Crippen LogP contribution in [0.2, 0.25) is 0 Å². The van der Waals surface area contributed by atoms with Gasteiger partial charge in [-0.15, -0.1) is 0 Å². The van der Waals surface area contributed by atoms with Crippen LogP contribution in [0.4, 0.5) is 0 Å². The Bertz CT molecular complexity index is 2500. The van der Waals surface area contributed by atoms with Gasteiger partial charge < -0.3 is 8.98 Å². The van der Waals surface area contributed by atoms with Crippen molar-refractivity contribution in [3.63, 3.8) is 0 Å². The van der Waals surface area contributed by atoms with E-state index in [9.17, 15) is 0 Å². The van der Waals surface area contributed by atoms with Crippen molar-refractivity contribution in [1.82, 2.24) is 4.57 Å². The molecule has 2 heterocycles. The molecule has 0 aliphatic carbocycles. The van der Waals surface area contributed by atoms with Gasteiger partial charge in [-0.1, -0.05) is 146 Å². The molecule has 0 amide bonds. The van der Waals surface area contributed by atoms with E-state index < -0.39 is 0 Å². The minimum absolute atomic E-state index is 0.909. The quantitative estimate of drug-likeness (QED) is 0.209. The van der Waals surface area contributed by atoms with Crippen LogP contribution in [-0.4, -0.2) is 4.57 Å². The molecule has 0 aliphatic heterocycles. The van der Waals surface area contributed by atoms with E-state index in [1.165, 1.54) is 44.1 Å². The normalized spacial score (nSPS) is 11.6. The molecule has 0 saturated heterocycles. The SMILES string of the molecule is c1ccc(-c2cccc3c4ccccc4n(-c4ccccc4-c4ccccc4-c4cccc5c4oc4ccccc45)c23)cc1. The number of para-hydroxylation sites is 5. The number of aromatic nitrogens is 1. The first-order valence-electron chi connectivity index (χ1n) is 15.0. The zero-order valence-corrected chi connectivity index (χ0v) is 23.9. The highest BCUT2D eigenvalue weighted by atomic mass is 16.3. The summed E-state index contributed by atoms with van der Waals surface area (Å²) in [6.07, 6.45) is 0. The van der Waals surface area contributed by atoms with Gasteiger partial charge in [-0.05, 0) is 34.9 Å². The molecule has 2 nitrogen and oxygen atoms in total. The fourth-order valence-electron chi connectivity index (χ4n) is 6.93. The van der Waals surface area contributed by atoms with E-state index in [4.69, 9.17) is 4.42 Å². The van der Waals surface area contributed by atoms with Gasteiger partial charge in [0.05, 0.1) is 16.7 Å². The minimum atomic E-state index is 0.909. The van der Waals surface area contributed by atoms with Crippen LogP contribution in [0.25, 0.3) is 82.8 Å². The van der Waals surface area contributed by atoms with Crippen molar-refractivity contribution < 1.29 is 4.42 Å². The molecule has 2 heteroatoms.